The smallest absolute Gasteiger partial charge is 0.234 e. The summed E-state index contributed by atoms with van der Waals surface area (Å²) in [4.78, 5) is 13.8. The number of aryl methyl sites for hydroxylation is 1. The zero-order valence-electron chi connectivity index (χ0n) is 15.1. The number of aromatic nitrogens is 3. The van der Waals surface area contributed by atoms with E-state index in [9.17, 15) is 9.90 Å². The molecule has 1 aliphatic heterocycles. The summed E-state index contributed by atoms with van der Waals surface area (Å²) in [5.74, 6) is 0.579. The highest BCUT2D eigenvalue weighted by atomic mass is 16.5. The first-order valence-electron chi connectivity index (χ1n) is 9.15. The van der Waals surface area contributed by atoms with Crippen molar-refractivity contribution in [2.24, 2.45) is 0 Å². The average Bonchev–Trinajstić information content (AvgIpc) is 3.32. The van der Waals surface area contributed by atoms with Gasteiger partial charge in [-0.2, -0.15) is 0 Å². The van der Waals surface area contributed by atoms with Crippen molar-refractivity contribution in [3.8, 4) is 0 Å². The van der Waals surface area contributed by atoms with E-state index >= 15 is 0 Å². The van der Waals surface area contributed by atoms with Gasteiger partial charge in [0, 0.05) is 18.7 Å². The first kappa shape index (κ1) is 18.3. The number of likely N-dealkylation sites (N-methyl/N-ethyl adjacent to an activating group) is 1. The van der Waals surface area contributed by atoms with Crippen molar-refractivity contribution in [1.29, 1.82) is 0 Å². The predicted molar refractivity (Wildman–Crippen MR) is 92.1 cm³/mol. The summed E-state index contributed by atoms with van der Waals surface area (Å²) in [6.45, 7) is 1.02. The highest BCUT2D eigenvalue weighted by Gasteiger charge is 2.32. The average molecular weight is 351 g/mol. The Kier molecular flexibility index (Phi) is 6.03. The lowest BCUT2D eigenvalue weighted by molar-refractivity contribution is -0.129. The molecule has 0 unspecified atom stereocenters. The van der Waals surface area contributed by atoms with E-state index in [4.69, 9.17) is 4.74 Å². The second kappa shape index (κ2) is 8.25. The van der Waals surface area contributed by atoms with Crippen molar-refractivity contribution in [2.75, 3.05) is 27.2 Å². The van der Waals surface area contributed by atoms with Gasteiger partial charge in [0.2, 0.25) is 5.91 Å². The van der Waals surface area contributed by atoms with E-state index in [1.807, 2.05) is 29.9 Å². The van der Waals surface area contributed by atoms with E-state index in [0.717, 1.165) is 31.5 Å². The van der Waals surface area contributed by atoms with Crippen LogP contribution in [-0.4, -0.2) is 76.4 Å². The van der Waals surface area contributed by atoms with Crippen molar-refractivity contribution in [2.45, 2.75) is 62.8 Å². The quantitative estimate of drug-likeness (QED) is 0.692. The van der Waals surface area contributed by atoms with Crippen molar-refractivity contribution in [1.82, 2.24) is 25.2 Å². The van der Waals surface area contributed by atoms with Gasteiger partial charge in [-0.05, 0) is 46.2 Å². The molecular formula is C17H29N5O3. The van der Waals surface area contributed by atoms with Gasteiger partial charge in [-0.25, -0.2) is 0 Å². The Hall–Kier alpha value is -1.51. The molecule has 0 spiro atoms. The summed E-state index contributed by atoms with van der Waals surface area (Å²) in [6, 6.07) is -0.124. The monoisotopic (exact) mass is 351 g/mol. The van der Waals surface area contributed by atoms with Gasteiger partial charge in [0.1, 0.15) is 6.10 Å². The Morgan fingerprint density at radius 1 is 1.40 bits per heavy atom. The topological polar surface area (TPSA) is 92.5 Å². The molecule has 8 heteroatoms. The number of carbonyl (C=O) groups excluding carboxylic acids is 1. The second-order valence-electron chi connectivity index (χ2n) is 7.44. The summed E-state index contributed by atoms with van der Waals surface area (Å²) >= 11 is 0. The third-order valence-electron chi connectivity index (χ3n) is 4.83. The maximum absolute atomic E-state index is 11.9. The molecule has 3 atom stereocenters. The van der Waals surface area contributed by atoms with Gasteiger partial charge >= 0.3 is 0 Å². The minimum Gasteiger partial charge on any atom is -0.394 e. The van der Waals surface area contributed by atoms with Crippen LogP contribution in [0.3, 0.4) is 0 Å². The fourth-order valence-corrected chi connectivity index (χ4v) is 3.31. The molecule has 2 aliphatic rings. The van der Waals surface area contributed by atoms with E-state index < -0.39 is 0 Å². The lowest BCUT2D eigenvalue weighted by atomic mass is 9.97. The van der Waals surface area contributed by atoms with Crippen LogP contribution in [0.25, 0.3) is 0 Å². The Balaban J connectivity index is 1.44. The van der Waals surface area contributed by atoms with Crippen LogP contribution in [0, 0.1) is 0 Å². The lowest BCUT2D eigenvalue weighted by Gasteiger charge is -2.36. The Labute approximate surface area is 148 Å². The van der Waals surface area contributed by atoms with Crippen LogP contribution in [-0.2, 0) is 16.1 Å². The maximum atomic E-state index is 11.9. The molecule has 1 saturated heterocycles. The van der Waals surface area contributed by atoms with Gasteiger partial charge in [0.25, 0.3) is 0 Å². The molecule has 1 amide bonds. The van der Waals surface area contributed by atoms with Crippen molar-refractivity contribution in [3.63, 3.8) is 0 Å². The Morgan fingerprint density at radius 2 is 2.20 bits per heavy atom. The number of hydrogen-bond donors (Lipinski definition) is 2. The second-order valence-corrected chi connectivity index (χ2v) is 7.44. The molecule has 3 rings (SSSR count). The molecule has 140 valence electrons. The summed E-state index contributed by atoms with van der Waals surface area (Å²) < 4.78 is 7.89. The third kappa shape index (κ3) is 5.23. The minimum atomic E-state index is -0.345. The lowest BCUT2D eigenvalue weighted by Crippen LogP contribution is -2.52. The first-order chi connectivity index (χ1) is 12.0. The number of aliphatic hydroxyl groups is 1. The van der Waals surface area contributed by atoms with E-state index in [-0.39, 0.29) is 30.8 Å². The van der Waals surface area contributed by atoms with Crippen LogP contribution in [0.2, 0.25) is 0 Å². The predicted octanol–water partition coefficient (Wildman–Crippen LogP) is 0.132. The Morgan fingerprint density at radius 3 is 2.88 bits per heavy atom. The summed E-state index contributed by atoms with van der Waals surface area (Å²) in [5.41, 5.74) is 1.10. The van der Waals surface area contributed by atoms with Crippen LogP contribution >= 0.6 is 0 Å². The number of hydrogen-bond acceptors (Lipinski definition) is 6. The van der Waals surface area contributed by atoms with Crippen molar-refractivity contribution >= 4 is 5.91 Å². The van der Waals surface area contributed by atoms with Crippen LogP contribution < -0.4 is 5.32 Å². The summed E-state index contributed by atoms with van der Waals surface area (Å²) in [6.07, 6.45) is 6.74. The van der Waals surface area contributed by atoms with Gasteiger partial charge in [0.05, 0.1) is 31.0 Å². The largest absolute Gasteiger partial charge is 0.394 e. The summed E-state index contributed by atoms with van der Waals surface area (Å²) in [5, 5.41) is 21.0. The fourth-order valence-electron chi connectivity index (χ4n) is 3.31. The van der Waals surface area contributed by atoms with E-state index in [0.29, 0.717) is 12.5 Å². The highest BCUT2D eigenvalue weighted by Crippen LogP contribution is 2.38. The first-order valence-corrected chi connectivity index (χ1v) is 9.15. The zero-order chi connectivity index (χ0) is 17.8. The molecule has 1 aliphatic carbocycles. The van der Waals surface area contributed by atoms with E-state index in [1.54, 1.807) is 0 Å². The number of carbonyl (C=O) groups is 1. The molecule has 0 aromatic carbocycles. The van der Waals surface area contributed by atoms with Gasteiger partial charge in [-0.15, -0.1) is 5.10 Å². The van der Waals surface area contributed by atoms with Crippen molar-refractivity contribution in [3.05, 3.63) is 11.9 Å². The van der Waals surface area contributed by atoms with E-state index in [1.165, 1.54) is 12.8 Å². The highest BCUT2D eigenvalue weighted by molar-refractivity contribution is 5.78. The third-order valence-corrected chi connectivity index (χ3v) is 4.83. The molecule has 0 bridgehead atoms. The maximum Gasteiger partial charge on any atom is 0.234 e. The molecule has 2 heterocycles. The number of amides is 1. The van der Waals surface area contributed by atoms with Gasteiger partial charge in [-0.1, -0.05) is 5.21 Å². The van der Waals surface area contributed by atoms with Crippen molar-refractivity contribution < 1.29 is 14.6 Å². The molecule has 1 aromatic heterocycles. The van der Waals surface area contributed by atoms with Crippen LogP contribution in [0.1, 0.15) is 43.7 Å². The number of nitrogens with one attached hydrogen (secondary N) is 1. The normalized spacial score (nSPS) is 26.8. The molecule has 1 saturated carbocycles. The number of nitrogens with zero attached hydrogens (tertiary/aromatic N) is 4. The molecule has 2 fully saturated rings. The van der Waals surface area contributed by atoms with Gasteiger partial charge in [-0.3, -0.25) is 9.48 Å². The van der Waals surface area contributed by atoms with Gasteiger partial charge in [0.15, 0.2) is 0 Å². The van der Waals surface area contributed by atoms with Crippen LogP contribution in [0.4, 0.5) is 0 Å². The minimum absolute atomic E-state index is 0.0364. The number of rotatable bonds is 8. The number of aliphatic hydroxyl groups excluding tert-OH is 1. The van der Waals surface area contributed by atoms with Gasteiger partial charge < -0.3 is 20.1 Å². The fraction of sp³-hybridized carbons (Fsp3) is 0.824. The molecule has 2 N–H and O–H groups in total. The summed E-state index contributed by atoms with van der Waals surface area (Å²) in [7, 11) is 3.71. The zero-order valence-corrected chi connectivity index (χ0v) is 15.1. The Bertz CT molecular complexity index is 572. The van der Waals surface area contributed by atoms with E-state index in [2.05, 4.69) is 15.6 Å². The van der Waals surface area contributed by atoms with Crippen LogP contribution in [0.15, 0.2) is 6.20 Å². The van der Waals surface area contributed by atoms with Crippen LogP contribution in [0.5, 0.6) is 0 Å². The molecule has 8 nitrogen and oxygen atoms in total. The molecule has 1 aromatic rings. The SMILES string of the molecule is CN(C)CC(=O)N[C@@H]1CC[C@H](CCn2cc(C3CC3)nn2)O[C@@H]1CO. The number of ether oxygens (including phenoxy) is 1. The molecule has 0 radical (unpaired) electrons. The molecular weight excluding hydrogens is 322 g/mol. The molecule has 25 heavy (non-hydrogen) atoms. The standard InChI is InChI=1S/C17H29N5O3/c1-21(2)10-17(24)18-14-6-5-13(25-16(14)11-23)7-8-22-9-15(19-20-22)12-3-4-12/h9,12-14,16,23H,3-8,10-11H2,1-2H3,(H,18,24)/t13-,14-,16-/m1/s1.